The van der Waals surface area contributed by atoms with E-state index in [0.717, 1.165) is 37.4 Å². The van der Waals surface area contributed by atoms with Crippen molar-refractivity contribution in [1.29, 1.82) is 0 Å². The predicted octanol–water partition coefficient (Wildman–Crippen LogP) is 1.42. The molecule has 2 fully saturated rings. The van der Waals surface area contributed by atoms with Crippen molar-refractivity contribution in [3.63, 3.8) is 0 Å². The molecule has 2 aliphatic heterocycles. The molecule has 0 bridgehead atoms. The number of rotatable bonds is 7. The summed E-state index contributed by atoms with van der Waals surface area (Å²) < 4.78 is 10.4. The van der Waals surface area contributed by atoms with E-state index in [9.17, 15) is 9.59 Å². The molecule has 1 atom stereocenters. The molecular weight excluding hydrogens is 501 g/mol. The van der Waals surface area contributed by atoms with Crippen LogP contribution in [-0.4, -0.2) is 76.4 Å². The molecule has 3 rings (SSSR count). The highest BCUT2D eigenvalue weighted by atomic mass is 127. The SMILES string of the molecule is CN(C)C(=O)CNC(=NCc1ccc(N2CCOC2=O)cc1)NCC1CCOC1.I. The molecule has 1 aromatic carbocycles. The molecule has 1 unspecified atom stereocenters. The quantitative estimate of drug-likeness (QED) is 0.314. The first kappa shape index (κ1) is 24.2. The van der Waals surface area contributed by atoms with E-state index in [-0.39, 0.29) is 42.5 Å². The second-order valence-electron chi connectivity index (χ2n) is 7.35. The highest BCUT2D eigenvalue weighted by Crippen LogP contribution is 2.19. The van der Waals surface area contributed by atoms with Gasteiger partial charge in [-0.05, 0) is 24.1 Å². The first-order chi connectivity index (χ1) is 14.0. The van der Waals surface area contributed by atoms with Crippen molar-refractivity contribution in [3.05, 3.63) is 29.8 Å². The molecule has 0 aromatic heterocycles. The fraction of sp³-hybridized carbons (Fsp3) is 0.550. The van der Waals surface area contributed by atoms with E-state index < -0.39 is 0 Å². The van der Waals surface area contributed by atoms with Crippen molar-refractivity contribution in [2.75, 3.05) is 58.5 Å². The Morgan fingerprint density at radius 1 is 1.23 bits per heavy atom. The minimum absolute atomic E-state index is 0. The number of anilines is 1. The lowest BCUT2D eigenvalue weighted by atomic mass is 10.1. The molecule has 166 valence electrons. The molecule has 0 spiro atoms. The fourth-order valence-electron chi connectivity index (χ4n) is 3.06. The molecule has 10 heteroatoms. The van der Waals surface area contributed by atoms with Crippen molar-refractivity contribution in [2.24, 2.45) is 10.9 Å². The van der Waals surface area contributed by atoms with Gasteiger partial charge in [0.2, 0.25) is 5.91 Å². The Morgan fingerprint density at radius 2 is 2.00 bits per heavy atom. The predicted molar refractivity (Wildman–Crippen MR) is 125 cm³/mol. The Kier molecular flexibility index (Phi) is 9.63. The second kappa shape index (κ2) is 11.9. The Labute approximate surface area is 194 Å². The fourth-order valence-corrected chi connectivity index (χ4v) is 3.06. The number of aliphatic imine (C=N–C) groups is 1. The zero-order valence-corrected chi connectivity index (χ0v) is 19.8. The van der Waals surface area contributed by atoms with E-state index in [1.807, 2.05) is 24.3 Å². The topological polar surface area (TPSA) is 95.5 Å². The summed E-state index contributed by atoms with van der Waals surface area (Å²) in [6.07, 6.45) is 0.713. The molecule has 9 nitrogen and oxygen atoms in total. The average Bonchev–Trinajstić information content (AvgIpc) is 3.39. The number of likely N-dealkylation sites (N-methyl/N-ethyl adjacent to an activating group) is 1. The first-order valence-corrected chi connectivity index (χ1v) is 9.86. The van der Waals surface area contributed by atoms with Crippen LogP contribution < -0.4 is 15.5 Å². The maximum Gasteiger partial charge on any atom is 0.414 e. The monoisotopic (exact) mass is 531 g/mol. The Hall–Kier alpha value is -2.08. The van der Waals surface area contributed by atoms with E-state index in [0.29, 0.717) is 31.6 Å². The number of amides is 2. The van der Waals surface area contributed by atoms with E-state index in [4.69, 9.17) is 9.47 Å². The summed E-state index contributed by atoms with van der Waals surface area (Å²) in [6.45, 7) is 3.91. The molecule has 1 aromatic rings. The van der Waals surface area contributed by atoms with Gasteiger partial charge in [-0.25, -0.2) is 9.79 Å². The van der Waals surface area contributed by atoms with Crippen molar-refractivity contribution in [2.45, 2.75) is 13.0 Å². The number of benzene rings is 1. The van der Waals surface area contributed by atoms with E-state index in [1.165, 1.54) is 4.90 Å². The van der Waals surface area contributed by atoms with Crippen LogP contribution in [0.25, 0.3) is 0 Å². The third kappa shape index (κ3) is 7.01. The smallest absolute Gasteiger partial charge is 0.414 e. The molecular formula is C20H30IN5O4. The molecule has 2 aliphatic rings. The van der Waals surface area contributed by atoms with Gasteiger partial charge in [0.15, 0.2) is 5.96 Å². The summed E-state index contributed by atoms with van der Waals surface area (Å²) in [5.41, 5.74) is 1.82. The van der Waals surface area contributed by atoms with Crippen molar-refractivity contribution in [1.82, 2.24) is 15.5 Å². The van der Waals surface area contributed by atoms with Crippen LogP contribution >= 0.6 is 24.0 Å². The van der Waals surface area contributed by atoms with Crippen LogP contribution in [0.1, 0.15) is 12.0 Å². The highest BCUT2D eigenvalue weighted by Gasteiger charge is 2.23. The minimum Gasteiger partial charge on any atom is -0.447 e. The third-order valence-corrected chi connectivity index (χ3v) is 4.92. The number of nitrogens with one attached hydrogen (secondary N) is 2. The van der Waals surface area contributed by atoms with Crippen LogP contribution in [0.15, 0.2) is 29.3 Å². The lowest BCUT2D eigenvalue weighted by molar-refractivity contribution is -0.127. The standard InChI is InChI=1S/C20H29N5O4.HI/c1-24(2)18(26)13-23-19(22-12-16-7-9-28-14-16)21-11-15-3-5-17(6-4-15)25-8-10-29-20(25)27;/h3-6,16H,7-14H2,1-2H3,(H2,21,22,23);1H. The largest absolute Gasteiger partial charge is 0.447 e. The van der Waals surface area contributed by atoms with Crippen LogP contribution in [-0.2, 0) is 20.8 Å². The molecule has 30 heavy (non-hydrogen) atoms. The van der Waals surface area contributed by atoms with Gasteiger partial charge in [0, 0.05) is 38.9 Å². The van der Waals surface area contributed by atoms with E-state index in [1.54, 1.807) is 19.0 Å². The van der Waals surface area contributed by atoms with Gasteiger partial charge >= 0.3 is 6.09 Å². The third-order valence-electron chi connectivity index (χ3n) is 4.92. The Bertz CT molecular complexity index is 735. The molecule has 2 saturated heterocycles. The number of carbonyl (C=O) groups is 2. The summed E-state index contributed by atoms with van der Waals surface area (Å²) in [5.74, 6) is 1.02. The number of halogens is 1. The van der Waals surface area contributed by atoms with Gasteiger partial charge in [-0.2, -0.15) is 0 Å². The number of guanidine groups is 1. The zero-order chi connectivity index (χ0) is 20.6. The van der Waals surface area contributed by atoms with Gasteiger partial charge in [0.25, 0.3) is 0 Å². The van der Waals surface area contributed by atoms with Gasteiger partial charge in [0.05, 0.1) is 26.2 Å². The van der Waals surface area contributed by atoms with Crippen molar-refractivity contribution < 1.29 is 19.1 Å². The first-order valence-electron chi connectivity index (χ1n) is 9.86. The van der Waals surface area contributed by atoms with Gasteiger partial charge < -0.3 is 25.0 Å². The molecule has 0 aliphatic carbocycles. The van der Waals surface area contributed by atoms with E-state index in [2.05, 4.69) is 15.6 Å². The van der Waals surface area contributed by atoms with Crippen LogP contribution in [0.4, 0.5) is 10.5 Å². The summed E-state index contributed by atoms with van der Waals surface area (Å²) in [4.78, 5) is 31.3. The number of hydrogen-bond acceptors (Lipinski definition) is 5. The normalized spacial score (nSPS) is 18.6. The summed E-state index contributed by atoms with van der Waals surface area (Å²) in [6, 6.07) is 7.67. The highest BCUT2D eigenvalue weighted by molar-refractivity contribution is 14.0. The summed E-state index contributed by atoms with van der Waals surface area (Å²) in [5, 5.41) is 6.40. The minimum atomic E-state index is -0.312. The Balaban J connectivity index is 0.00000320. The number of carbonyl (C=O) groups excluding carboxylic acids is 2. The molecule has 0 saturated carbocycles. The second-order valence-corrected chi connectivity index (χ2v) is 7.35. The number of hydrogen-bond donors (Lipinski definition) is 2. The van der Waals surface area contributed by atoms with Gasteiger partial charge in [-0.3, -0.25) is 9.69 Å². The maximum absolute atomic E-state index is 11.9. The number of nitrogens with zero attached hydrogens (tertiary/aromatic N) is 3. The number of ether oxygens (including phenoxy) is 2. The summed E-state index contributed by atoms with van der Waals surface area (Å²) in [7, 11) is 3.45. The van der Waals surface area contributed by atoms with Crippen LogP contribution in [0.3, 0.4) is 0 Å². The molecule has 2 N–H and O–H groups in total. The van der Waals surface area contributed by atoms with Gasteiger partial charge in [0.1, 0.15) is 6.61 Å². The van der Waals surface area contributed by atoms with Crippen molar-refractivity contribution in [3.8, 4) is 0 Å². The molecule has 0 radical (unpaired) electrons. The van der Waals surface area contributed by atoms with Gasteiger partial charge in [-0.1, -0.05) is 12.1 Å². The molecule has 2 amide bonds. The summed E-state index contributed by atoms with van der Waals surface area (Å²) >= 11 is 0. The number of cyclic esters (lactones) is 1. The zero-order valence-electron chi connectivity index (χ0n) is 17.4. The van der Waals surface area contributed by atoms with E-state index >= 15 is 0 Å². The van der Waals surface area contributed by atoms with Crippen LogP contribution in [0.2, 0.25) is 0 Å². The Morgan fingerprint density at radius 3 is 2.60 bits per heavy atom. The van der Waals surface area contributed by atoms with Crippen LogP contribution in [0, 0.1) is 5.92 Å². The van der Waals surface area contributed by atoms with Crippen molar-refractivity contribution >= 4 is 47.6 Å². The molecule has 2 heterocycles. The lowest BCUT2D eigenvalue weighted by Crippen LogP contribution is -2.44. The lowest BCUT2D eigenvalue weighted by Gasteiger charge is -2.17. The van der Waals surface area contributed by atoms with Crippen LogP contribution in [0.5, 0.6) is 0 Å². The van der Waals surface area contributed by atoms with Gasteiger partial charge in [-0.15, -0.1) is 24.0 Å². The maximum atomic E-state index is 11.9. The average molecular weight is 531 g/mol.